The first-order valence-electron chi connectivity index (χ1n) is 9.51. The summed E-state index contributed by atoms with van der Waals surface area (Å²) < 4.78 is 1.94. The predicted molar refractivity (Wildman–Crippen MR) is 101 cm³/mol. The van der Waals surface area contributed by atoms with Crippen LogP contribution in [0.25, 0.3) is 11.4 Å². The molecule has 1 fully saturated rings. The predicted octanol–water partition coefficient (Wildman–Crippen LogP) is 3.19. The molecule has 0 saturated carbocycles. The summed E-state index contributed by atoms with van der Waals surface area (Å²) in [7, 11) is 0. The molecule has 26 heavy (non-hydrogen) atoms. The van der Waals surface area contributed by atoms with Crippen LogP contribution in [0.5, 0.6) is 0 Å². The van der Waals surface area contributed by atoms with Gasteiger partial charge in [-0.05, 0) is 44.2 Å². The second kappa shape index (κ2) is 7.56. The number of aryl methyl sites for hydroxylation is 1. The molecule has 0 aromatic carbocycles. The van der Waals surface area contributed by atoms with Gasteiger partial charge in [0.2, 0.25) is 5.91 Å². The smallest absolute Gasteiger partial charge is 0.227 e. The molecular formula is C20H29N5O. The van der Waals surface area contributed by atoms with Gasteiger partial charge in [0.1, 0.15) is 6.33 Å². The molecule has 6 nitrogen and oxygen atoms in total. The van der Waals surface area contributed by atoms with Gasteiger partial charge < -0.3 is 4.90 Å². The van der Waals surface area contributed by atoms with Crippen LogP contribution in [-0.2, 0) is 17.8 Å². The van der Waals surface area contributed by atoms with Crippen molar-refractivity contribution in [1.29, 1.82) is 0 Å². The zero-order chi connectivity index (χ0) is 18.7. The zero-order valence-corrected chi connectivity index (χ0v) is 16.3. The van der Waals surface area contributed by atoms with Gasteiger partial charge in [0, 0.05) is 36.9 Å². The van der Waals surface area contributed by atoms with Crippen molar-refractivity contribution in [2.24, 2.45) is 11.3 Å². The van der Waals surface area contributed by atoms with Gasteiger partial charge in [0.25, 0.3) is 0 Å². The standard InChI is InChI=1S/C20H29N5O/c1-5-25-18(8-9-23-25)17-12-16(21-14-22-17)11-15-7-6-10-24(13-15)19(26)20(2,3)4/h8-9,12,14-15H,5-7,10-11,13H2,1-4H3/t15-/m0/s1. The first kappa shape index (κ1) is 18.5. The maximum absolute atomic E-state index is 12.6. The lowest BCUT2D eigenvalue weighted by atomic mass is 9.89. The first-order chi connectivity index (χ1) is 12.4. The first-order valence-corrected chi connectivity index (χ1v) is 9.51. The van der Waals surface area contributed by atoms with Crippen molar-refractivity contribution in [3.05, 3.63) is 30.4 Å². The molecule has 1 aliphatic heterocycles. The Morgan fingerprint density at radius 2 is 2.12 bits per heavy atom. The van der Waals surface area contributed by atoms with Gasteiger partial charge >= 0.3 is 0 Å². The Balaban J connectivity index is 1.71. The second-order valence-electron chi connectivity index (χ2n) is 8.14. The summed E-state index contributed by atoms with van der Waals surface area (Å²) in [5, 5.41) is 4.32. The largest absolute Gasteiger partial charge is 0.342 e. The highest BCUT2D eigenvalue weighted by atomic mass is 16.2. The quantitative estimate of drug-likeness (QED) is 0.845. The molecule has 0 radical (unpaired) electrons. The van der Waals surface area contributed by atoms with E-state index in [2.05, 4.69) is 28.1 Å². The van der Waals surface area contributed by atoms with E-state index in [1.54, 1.807) is 12.5 Å². The monoisotopic (exact) mass is 355 g/mol. The highest BCUT2D eigenvalue weighted by Crippen LogP contribution is 2.26. The SMILES string of the molecule is CCn1nccc1-c1cc(C[C@@H]2CCCN(C(=O)C(C)(C)C)C2)ncn1. The minimum absolute atomic E-state index is 0.248. The average molecular weight is 355 g/mol. The third-order valence-electron chi connectivity index (χ3n) is 4.95. The number of amides is 1. The van der Waals surface area contributed by atoms with E-state index in [1.165, 1.54) is 0 Å². The minimum atomic E-state index is -0.317. The van der Waals surface area contributed by atoms with E-state index in [9.17, 15) is 4.79 Å². The molecule has 1 amide bonds. The zero-order valence-electron chi connectivity index (χ0n) is 16.3. The molecule has 1 aliphatic rings. The van der Waals surface area contributed by atoms with Crippen molar-refractivity contribution in [2.75, 3.05) is 13.1 Å². The summed E-state index contributed by atoms with van der Waals surface area (Å²) in [6.07, 6.45) is 6.52. The topological polar surface area (TPSA) is 63.9 Å². The number of rotatable bonds is 4. The van der Waals surface area contributed by atoms with E-state index < -0.39 is 0 Å². The molecule has 0 N–H and O–H groups in total. The number of hydrogen-bond donors (Lipinski definition) is 0. The number of carbonyl (C=O) groups is 1. The average Bonchev–Trinajstić information content (AvgIpc) is 3.09. The van der Waals surface area contributed by atoms with Crippen LogP contribution >= 0.6 is 0 Å². The fourth-order valence-electron chi connectivity index (χ4n) is 3.64. The molecule has 3 rings (SSSR count). The van der Waals surface area contributed by atoms with Gasteiger partial charge in [-0.25, -0.2) is 9.97 Å². The summed E-state index contributed by atoms with van der Waals surface area (Å²) in [5.74, 6) is 0.700. The van der Waals surface area contributed by atoms with Gasteiger partial charge in [-0.1, -0.05) is 20.8 Å². The maximum Gasteiger partial charge on any atom is 0.227 e. The molecule has 0 unspecified atom stereocenters. The Morgan fingerprint density at radius 1 is 1.31 bits per heavy atom. The fourth-order valence-corrected chi connectivity index (χ4v) is 3.64. The lowest BCUT2D eigenvalue weighted by molar-refractivity contribution is -0.141. The van der Waals surface area contributed by atoms with Crippen LogP contribution in [0.15, 0.2) is 24.7 Å². The summed E-state index contributed by atoms with van der Waals surface area (Å²) in [5.41, 5.74) is 2.65. The third kappa shape index (κ3) is 4.11. The number of hydrogen-bond acceptors (Lipinski definition) is 4. The molecule has 1 atom stereocenters. The molecule has 0 bridgehead atoms. The summed E-state index contributed by atoms with van der Waals surface area (Å²) >= 11 is 0. The molecule has 3 heterocycles. The van der Waals surface area contributed by atoms with Gasteiger partial charge in [-0.2, -0.15) is 5.10 Å². The van der Waals surface area contributed by atoms with Crippen LogP contribution < -0.4 is 0 Å². The molecule has 0 aliphatic carbocycles. The van der Waals surface area contributed by atoms with Crippen molar-refractivity contribution in [3.63, 3.8) is 0 Å². The molecule has 1 saturated heterocycles. The molecule has 2 aromatic heterocycles. The lowest BCUT2D eigenvalue weighted by Crippen LogP contribution is -2.45. The van der Waals surface area contributed by atoms with E-state index in [-0.39, 0.29) is 11.3 Å². The van der Waals surface area contributed by atoms with E-state index in [4.69, 9.17) is 0 Å². The third-order valence-corrected chi connectivity index (χ3v) is 4.95. The molecule has 0 spiro atoms. The lowest BCUT2D eigenvalue weighted by Gasteiger charge is -2.36. The molecule has 140 valence electrons. The van der Waals surface area contributed by atoms with Crippen molar-refractivity contribution in [3.8, 4) is 11.4 Å². The van der Waals surface area contributed by atoms with Crippen LogP contribution in [0.2, 0.25) is 0 Å². The van der Waals surface area contributed by atoms with E-state index in [1.807, 2.05) is 36.4 Å². The summed E-state index contributed by atoms with van der Waals surface area (Å²) in [4.78, 5) is 23.5. The number of carbonyl (C=O) groups excluding carboxylic acids is 1. The number of likely N-dealkylation sites (tertiary alicyclic amines) is 1. The van der Waals surface area contributed by atoms with Gasteiger partial charge in [0.15, 0.2) is 0 Å². The van der Waals surface area contributed by atoms with E-state index in [0.29, 0.717) is 5.92 Å². The van der Waals surface area contributed by atoms with Crippen molar-refractivity contribution >= 4 is 5.91 Å². The summed E-state index contributed by atoms with van der Waals surface area (Å²) in [6, 6.07) is 4.05. The maximum atomic E-state index is 12.6. The Hall–Kier alpha value is -2.24. The van der Waals surface area contributed by atoms with Gasteiger partial charge in [-0.3, -0.25) is 9.48 Å². The van der Waals surface area contributed by atoms with Crippen LogP contribution in [0.4, 0.5) is 0 Å². The number of nitrogens with zero attached hydrogens (tertiary/aromatic N) is 5. The van der Waals surface area contributed by atoms with Gasteiger partial charge in [0.05, 0.1) is 11.4 Å². The van der Waals surface area contributed by atoms with Crippen LogP contribution in [0.3, 0.4) is 0 Å². The fraction of sp³-hybridized carbons (Fsp3) is 0.600. The van der Waals surface area contributed by atoms with Crippen LogP contribution in [0, 0.1) is 11.3 Å². The van der Waals surface area contributed by atoms with Crippen molar-refractivity contribution in [2.45, 2.75) is 53.5 Å². The summed E-state index contributed by atoms with van der Waals surface area (Å²) in [6.45, 7) is 10.6. The van der Waals surface area contributed by atoms with E-state index in [0.717, 1.165) is 56.0 Å². The number of piperidine rings is 1. The van der Waals surface area contributed by atoms with E-state index >= 15 is 0 Å². The molecule has 2 aromatic rings. The molecular weight excluding hydrogens is 326 g/mol. The van der Waals surface area contributed by atoms with Crippen molar-refractivity contribution < 1.29 is 4.79 Å². The Labute approximate surface area is 155 Å². The Morgan fingerprint density at radius 3 is 2.85 bits per heavy atom. The highest BCUT2D eigenvalue weighted by Gasteiger charge is 2.31. The molecule has 6 heteroatoms. The highest BCUT2D eigenvalue weighted by molar-refractivity contribution is 5.81. The minimum Gasteiger partial charge on any atom is -0.342 e. The second-order valence-corrected chi connectivity index (χ2v) is 8.14. The van der Waals surface area contributed by atoms with Crippen LogP contribution in [-0.4, -0.2) is 43.6 Å². The number of aromatic nitrogens is 4. The normalized spacial score (nSPS) is 18.2. The van der Waals surface area contributed by atoms with Gasteiger partial charge in [-0.15, -0.1) is 0 Å². The Bertz CT molecular complexity index is 762. The van der Waals surface area contributed by atoms with Crippen molar-refractivity contribution in [1.82, 2.24) is 24.6 Å². The van der Waals surface area contributed by atoms with Crippen LogP contribution in [0.1, 0.15) is 46.2 Å². The Kier molecular flexibility index (Phi) is 5.39.